The van der Waals surface area contributed by atoms with Gasteiger partial charge >= 0.3 is 0 Å². The minimum Gasteiger partial charge on any atom is -0.627 e. The maximum Gasteiger partial charge on any atom is 0.204 e. The van der Waals surface area contributed by atoms with Gasteiger partial charge in [-0.2, -0.15) is 0 Å². The minimum absolute atomic E-state index is 0.142. The highest BCUT2D eigenvalue weighted by Gasteiger charge is 2.51. The summed E-state index contributed by atoms with van der Waals surface area (Å²) in [5.41, 5.74) is 0.631. The molecule has 2 atom stereocenters. The fourth-order valence-corrected chi connectivity index (χ4v) is 5.57. The summed E-state index contributed by atoms with van der Waals surface area (Å²) in [5.74, 6) is 0. The second kappa shape index (κ2) is 8.64. The molecule has 3 aromatic rings. The number of hydrogen-bond donors (Lipinski definition) is 1. The fourth-order valence-electron chi connectivity index (χ4n) is 4.54. The van der Waals surface area contributed by atoms with Gasteiger partial charge in [-0.15, -0.1) is 0 Å². The summed E-state index contributed by atoms with van der Waals surface area (Å²) in [5, 5.41) is 27.1. The molecule has 1 fully saturated rings. The van der Waals surface area contributed by atoms with Gasteiger partial charge in [0.1, 0.15) is 12.2 Å². The molecule has 0 aliphatic carbocycles. The van der Waals surface area contributed by atoms with Gasteiger partial charge in [0, 0.05) is 12.8 Å². The molecular formula is C26H27NO4S. The SMILES string of the molecule is Cc1ccc(S(=O)(=O)/C=C/[N@+]2([O-])CCC[C@H]2C(O)(c2ccccc2)c2ccccc2)cc1. The first-order valence-corrected chi connectivity index (χ1v) is 12.2. The Morgan fingerprint density at radius 1 is 0.938 bits per heavy atom. The van der Waals surface area contributed by atoms with Gasteiger partial charge in [-0.1, -0.05) is 78.4 Å². The van der Waals surface area contributed by atoms with E-state index in [1.807, 2.05) is 67.6 Å². The molecule has 3 aromatic carbocycles. The molecule has 0 spiro atoms. The van der Waals surface area contributed by atoms with E-state index in [0.29, 0.717) is 24.0 Å². The Kier molecular flexibility index (Phi) is 6.05. The van der Waals surface area contributed by atoms with Gasteiger partial charge in [0.2, 0.25) is 9.84 Å². The van der Waals surface area contributed by atoms with E-state index in [4.69, 9.17) is 0 Å². The van der Waals surface area contributed by atoms with Crippen molar-refractivity contribution in [2.75, 3.05) is 6.54 Å². The van der Waals surface area contributed by atoms with Crippen molar-refractivity contribution >= 4 is 9.84 Å². The van der Waals surface area contributed by atoms with E-state index in [0.717, 1.165) is 11.0 Å². The lowest BCUT2D eigenvalue weighted by Gasteiger charge is -2.48. The van der Waals surface area contributed by atoms with Crippen molar-refractivity contribution in [2.45, 2.75) is 36.3 Å². The standard InChI is InChI=1S/C26H27NO4S/c1-21-14-16-24(17-15-21)32(30,31)20-19-27(29)18-8-13-25(27)26(28,22-9-4-2-5-10-22)23-11-6-3-7-12-23/h2-7,9-12,14-17,19-20,25,28H,8,13,18H2,1H3/b20-19+/t25-,27+/m0/s1. The maximum atomic E-state index is 14.0. The van der Waals surface area contributed by atoms with Gasteiger partial charge < -0.3 is 15.0 Å². The number of likely N-dealkylation sites (tertiary alicyclic amines) is 1. The Balaban J connectivity index is 1.76. The second-order valence-corrected chi connectivity index (χ2v) is 10.2. The molecule has 0 amide bonds. The van der Waals surface area contributed by atoms with Gasteiger partial charge in [0.25, 0.3) is 0 Å². The van der Waals surface area contributed by atoms with Gasteiger partial charge in [0.05, 0.1) is 16.8 Å². The van der Waals surface area contributed by atoms with E-state index in [-0.39, 0.29) is 11.4 Å². The summed E-state index contributed by atoms with van der Waals surface area (Å²) >= 11 is 0. The van der Waals surface area contributed by atoms with Gasteiger partial charge in [-0.25, -0.2) is 8.42 Å². The lowest BCUT2D eigenvalue weighted by atomic mass is 9.79. The van der Waals surface area contributed by atoms with E-state index < -0.39 is 26.1 Å². The number of quaternary nitrogens is 1. The van der Waals surface area contributed by atoms with E-state index in [1.165, 1.54) is 18.3 Å². The average molecular weight is 450 g/mol. The van der Waals surface area contributed by atoms with Crippen molar-refractivity contribution in [3.05, 3.63) is 118 Å². The molecule has 5 nitrogen and oxygen atoms in total. The highest BCUT2D eigenvalue weighted by atomic mass is 32.2. The Bertz CT molecular complexity index is 1150. The predicted molar refractivity (Wildman–Crippen MR) is 125 cm³/mol. The quantitative estimate of drug-likeness (QED) is 0.439. The Hall–Kier alpha value is -2.77. The number of aliphatic hydroxyl groups is 1. The number of hydrogen-bond acceptors (Lipinski definition) is 4. The van der Waals surface area contributed by atoms with Crippen molar-refractivity contribution in [3.63, 3.8) is 0 Å². The zero-order valence-electron chi connectivity index (χ0n) is 18.0. The second-order valence-electron chi connectivity index (χ2n) is 8.38. The van der Waals surface area contributed by atoms with Crippen molar-refractivity contribution in [3.8, 4) is 0 Å². The monoisotopic (exact) mass is 449 g/mol. The van der Waals surface area contributed by atoms with Crippen LogP contribution < -0.4 is 0 Å². The van der Waals surface area contributed by atoms with Gasteiger partial charge in [-0.3, -0.25) is 0 Å². The topological polar surface area (TPSA) is 77.4 Å². The van der Waals surface area contributed by atoms with Crippen molar-refractivity contribution in [2.24, 2.45) is 0 Å². The average Bonchev–Trinajstić information content (AvgIpc) is 3.21. The molecule has 0 saturated carbocycles. The number of rotatable bonds is 6. The fraction of sp³-hybridized carbons (Fsp3) is 0.231. The van der Waals surface area contributed by atoms with Crippen LogP contribution in [0.5, 0.6) is 0 Å². The Morgan fingerprint density at radius 2 is 1.47 bits per heavy atom. The molecule has 166 valence electrons. The smallest absolute Gasteiger partial charge is 0.204 e. The molecule has 32 heavy (non-hydrogen) atoms. The predicted octanol–water partition coefficient (Wildman–Crippen LogP) is 4.65. The summed E-state index contributed by atoms with van der Waals surface area (Å²) in [6.45, 7) is 2.08. The summed E-state index contributed by atoms with van der Waals surface area (Å²) < 4.78 is 24.8. The zero-order chi connectivity index (χ0) is 22.8. The van der Waals surface area contributed by atoms with Crippen LogP contribution in [0.25, 0.3) is 0 Å². The molecule has 6 heteroatoms. The van der Waals surface area contributed by atoms with Crippen LogP contribution in [-0.2, 0) is 15.4 Å². The molecule has 1 N–H and O–H groups in total. The first-order chi connectivity index (χ1) is 15.3. The summed E-state index contributed by atoms with van der Waals surface area (Å²) in [6.07, 6.45) is 2.26. The number of aryl methyl sites for hydroxylation is 1. The molecular weight excluding hydrogens is 422 g/mol. The van der Waals surface area contributed by atoms with Crippen molar-refractivity contribution < 1.29 is 18.2 Å². The van der Waals surface area contributed by atoms with Gasteiger partial charge in [0.15, 0.2) is 5.60 Å². The van der Waals surface area contributed by atoms with Crippen molar-refractivity contribution in [1.82, 2.24) is 0 Å². The van der Waals surface area contributed by atoms with E-state index >= 15 is 0 Å². The molecule has 1 heterocycles. The lowest BCUT2D eigenvalue weighted by molar-refractivity contribution is -0.850. The van der Waals surface area contributed by atoms with Crippen LogP contribution in [0.4, 0.5) is 0 Å². The van der Waals surface area contributed by atoms with E-state index in [2.05, 4.69) is 0 Å². The molecule has 0 bridgehead atoms. The number of hydroxylamine groups is 3. The van der Waals surface area contributed by atoms with Gasteiger partial charge in [-0.05, 0) is 30.2 Å². The highest BCUT2D eigenvalue weighted by Crippen LogP contribution is 2.44. The third-order valence-electron chi connectivity index (χ3n) is 6.26. The molecule has 1 aliphatic rings. The van der Waals surface area contributed by atoms with Crippen LogP contribution in [0.2, 0.25) is 0 Å². The largest absolute Gasteiger partial charge is 0.627 e. The van der Waals surface area contributed by atoms with Crippen molar-refractivity contribution in [1.29, 1.82) is 0 Å². The Morgan fingerprint density at radius 3 is 2.00 bits per heavy atom. The van der Waals surface area contributed by atoms with Crippen LogP contribution >= 0.6 is 0 Å². The molecule has 4 rings (SSSR count). The van der Waals surface area contributed by atoms with Crippen LogP contribution in [0.3, 0.4) is 0 Å². The number of sulfone groups is 1. The molecule has 1 saturated heterocycles. The number of benzene rings is 3. The van der Waals surface area contributed by atoms with E-state index in [9.17, 15) is 18.7 Å². The first-order valence-electron chi connectivity index (χ1n) is 10.7. The minimum atomic E-state index is -3.78. The zero-order valence-corrected chi connectivity index (χ0v) is 18.8. The highest BCUT2D eigenvalue weighted by molar-refractivity contribution is 7.94. The summed E-state index contributed by atoms with van der Waals surface area (Å²) in [7, 11) is -3.78. The van der Waals surface area contributed by atoms with Crippen LogP contribution in [0.1, 0.15) is 29.5 Å². The van der Waals surface area contributed by atoms with Crippen LogP contribution in [0, 0.1) is 12.1 Å². The molecule has 0 aromatic heterocycles. The lowest BCUT2D eigenvalue weighted by Crippen LogP contribution is -2.54. The summed E-state index contributed by atoms with van der Waals surface area (Å²) in [4.78, 5) is 0.142. The third kappa shape index (κ3) is 4.14. The molecule has 0 unspecified atom stereocenters. The molecule has 0 radical (unpaired) electrons. The third-order valence-corrected chi connectivity index (χ3v) is 7.67. The first kappa shape index (κ1) is 22.4. The van der Waals surface area contributed by atoms with E-state index in [1.54, 1.807) is 12.1 Å². The van der Waals surface area contributed by atoms with Crippen LogP contribution in [0.15, 0.2) is 101 Å². The summed E-state index contributed by atoms with van der Waals surface area (Å²) in [6, 6.07) is 24.0. The normalized spacial score (nSPS) is 21.8. The number of nitrogens with zero attached hydrogens (tertiary/aromatic N) is 1. The molecule has 1 aliphatic heterocycles. The maximum absolute atomic E-state index is 14.0. The van der Waals surface area contributed by atoms with Crippen LogP contribution in [-0.4, -0.2) is 30.8 Å². The Labute approximate surface area is 189 Å².